The number of hydrogen-bond acceptors (Lipinski definition) is 4. The van der Waals surface area contributed by atoms with Gasteiger partial charge in [-0.2, -0.15) is 0 Å². The lowest BCUT2D eigenvalue weighted by Gasteiger charge is -2.13. The molecule has 4 nitrogen and oxygen atoms in total. The fraction of sp³-hybridized carbons (Fsp3) is 0.231. The molecule has 1 amide bonds. The highest BCUT2D eigenvalue weighted by Gasteiger charge is 2.32. The number of rotatable bonds is 2. The molecule has 0 aliphatic carbocycles. The first-order valence-electron chi connectivity index (χ1n) is 5.82. The number of hydrogen-bond donors (Lipinski definition) is 0. The Hall–Kier alpha value is -1.40. The fourth-order valence-electron chi connectivity index (χ4n) is 1.91. The van der Waals surface area contributed by atoms with Crippen LogP contribution in [0.4, 0.5) is 9.93 Å². The van der Waals surface area contributed by atoms with Crippen LogP contribution in [0.1, 0.15) is 6.92 Å². The Morgan fingerprint density at radius 1 is 1.42 bits per heavy atom. The molecular formula is C13H11BrN2O2S. The monoisotopic (exact) mass is 338 g/mol. The van der Waals surface area contributed by atoms with Gasteiger partial charge in [0.1, 0.15) is 6.61 Å². The zero-order chi connectivity index (χ0) is 13.4. The molecule has 1 aromatic heterocycles. The number of carbonyl (C=O) groups is 1. The van der Waals surface area contributed by atoms with Crippen LogP contribution in [-0.4, -0.2) is 23.7 Å². The van der Waals surface area contributed by atoms with E-state index in [9.17, 15) is 4.79 Å². The van der Waals surface area contributed by atoms with Gasteiger partial charge >= 0.3 is 6.09 Å². The topological polar surface area (TPSA) is 42.4 Å². The highest BCUT2D eigenvalue weighted by Crippen LogP contribution is 2.31. The number of nitrogens with zero attached hydrogens (tertiary/aromatic N) is 2. The summed E-state index contributed by atoms with van der Waals surface area (Å²) < 4.78 is 6.04. The zero-order valence-corrected chi connectivity index (χ0v) is 12.6. The first kappa shape index (κ1) is 12.6. The smallest absolute Gasteiger partial charge is 0.416 e. The molecule has 2 aromatic rings. The second-order valence-corrected chi connectivity index (χ2v) is 6.07. The Bertz CT molecular complexity index is 611. The Morgan fingerprint density at radius 3 is 2.79 bits per heavy atom. The van der Waals surface area contributed by atoms with E-state index in [1.54, 1.807) is 4.90 Å². The van der Waals surface area contributed by atoms with E-state index in [1.165, 1.54) is 11.3 Å². The summed E-state index contributed by atoms with van der Waals surface area (Å²) in [4.78, 5) is 17.8. The summed E-state index contributed by atoms with van der Waals surface area (Å²) in [7, 11) is 0. The summed E-state index contributed by atoms with van der Waals surface area (Å²) in [6, 6.07) is 7.97. The van der Waals surface area contributed by atoms with E-state index in [2.05, 4.69) is 20.9 Å². The van der Waals surface area contributed by atoms with Gasteiger partial charge < -0.3 is 4.74 Å². The SMILES string of the molecule is C[C@H]1COC(=O)N1c1nc(-c2ccc(Br)cc2)cs1. The van der Waals surface area contributed by atoms with E-state index in [4.69, 9.17) is 4.74 Å². The third-order valence-electron chi connectivity index (χ3n) is 2.92. The van der Waals surface area contributed by atoms with Crippen molar-refractivity contribution in [3.8, 4) is 11.3 Å². The van der Waals surface area contributed by atoms with Crippen molar-refractivity contribution < 1.29 is 9.53 Å². The largest absolute Gasteiger partial charge is 0.447 e. The molecule has 1 aliphatic heterocycles. The number of thiazole rings is 1. The third-order valence-corrected chi connectivity index (χ3v) is 4.29. The van der Waals surface area contributed by atoms with Gasteiger partial charge in [-0.25, -0.2) is 14.7 Å². The first-order valence-corrected chi connectivity index (χ1v) is 7.50. The average Bonchev–Trinajstić information content (AvgIpc) is 2.98. The molecule has 0 spiro atoms. The van der Waals surface area contributed by atoms with Crippen LogP contribution in [0, 0.1) is 0 Å². The van der Waals surface area contributed by atoms with E-state index in [1.807, 2.05) is 36.6 Å². The van der Waals surface area contributed by atoms with Gasteiger partial charge in [-0.1, -0.05) is 28.1 Å². The highest BCUT2D eigenvalue weighted by atomic mass is 79.9. The maximum Gasteiger partial charge on any atom is 0.416 e. The van der Waals surface area contributed by atoms with Gasteiger partial charge in [-0.3, -0.25) is 0 Å². The minimum Gasteiger partial charge on any atom is -0.447 e. The molecule has 0 N–H and O–H groups in total. The van der Waals surface area contributed by atoms with Gasteiger partial charge in [0.25, 0.3) is 0 Å². The molecular weight excluding hydrogens is 328 g/mol. The molecule has 0 radical (unpaired) electrons. The summed E-state index contributed by atoms with van der Waals surface area (Å²) in [5.41, 5.74) is 1.91. The van der Waals surface area contributed by atoms with Gasteiger partial charge in [-0.15, -0.1) is 11.3 Å². The van der Waals surface area contributed by atoms with Gasteiger partial charge in [0.15, 0.2) is 5.13 Å². The van der Waals surface area contributed by atoms with Gasteiger partial charge in [0.05, 0.1) is 11.7 Å². The first-order chi connectivity index (χ1) is 9.15. The molecule has 0 unspecified atom stereocenters. The Balaban J connectivity index is 1.91. The summed E-state index contributed by atoms with van der Waals surface area (Å²) in [6.07, 6.45) is -0.316. The molecule has 1 aliphatic rings. The van der Waals surface area contributed by atoms with Crippen LogP contribution in [0.3, 0.4) is 0 Å². The van der Waals surface area contributed by atoms with Crippen LogP contribution < -0.4 is 4.90 Å². The van der Waals surface area contributed by atoms with Crippen molar-refractivity contribution in [2.24, 2.45) is 0 Å². The molecule has 98 valence electrons. The lowest BCUT2D eigenvalue weighted by atomic mass is 10.2. The van der Waals surface area contributed by atoms with Crippen LogP contribution in [-0.2, 0) is 4.74 Å². The van der Waals surface area contributed by atoms with Crippen molar-refractivity contribution in [2.45, 2.75) is 13.0 Å². The number of halogens is 1. The van der Waals surface area contributed by atoms with E-state index >= 15 is 0 Å². The van der Waals surface area contributed by atoms with Crippen LogP contribution >= 0.6 is 27.3 Å². The Morgan fingerprint density at radius 2 is 2.16 bits per heavy atom. The van der Waals surface area contributed by atoms with Crippen molar-refractivity contribution in [1.29, 1.82) is 0 Å². The van der Waals surface area contributed by atoms with Crippen LogP contribution in [0.25, 0.3) is 11.3 Å². The molecule has 2 heterocycles. The Kier molecular flexibility index (Phi) is 3.28. The van der Waals surface area contributed by atoms with Crippen LogP contribution in [0.15, 0.2) is 34.1 Å². The quantitative estimate of drug-likeness (QED) is 0.833. The van der Waals surface area contributed by atoms with Gasteiger partial charge in [-0.05, 0) is 19.1 Å². The molecule has 1 fully saturated rings. The number of carbonyl (C=O) groups excluding carboxylic acids is 1. The van der Waals surface area contributed by atoms with E-state index in [-0.39, 0.29) is 12.1 Å². The molecule has 0 bridgehead atoms. The molecule has 19 heavy (non-hydrogen) atoms. The number of benzene rings is 1. The standard InChI is InChI=1S/C13H11BrN2O2S/c1-8-6-18-13(17)16(8)12-15-11(7-19-12)9-2-4-10(14)5-3-9/h2-5,7-8H,6H2,1H3/t8-/m0/s1. The zero-order valence-electron chi connectivity index (χ0n) is 10.2. The van der Waals surface area contributed by atoms with Crippen molar-refractivity contribution >= 4 is 38.5 Å². The minimum absolute atomic E-state index is 0.0383. The number of cyclic esters (lactones) is 1. The normalized spacial score (nSPS) is 18.7. The predicted molar refractivity (Wildman–Crippen MR) is 78.5 cm³/mol. The van der Waals surface area contributed by atoms with E-state index < -0.39 is 0 Å². The molecule has 1 saturated heterocycles. The number of aromatic nitrogens is 1. The van der Waals surface area contributed by atoms with E-state index in [0.717, 1.165) is 15.7 Å². The van der Waals surface area contributed by atoms with E-state index in [0.29, 0.717) is 11.7 Å². The second-order valence-electron chi connectivity index (χ2n) is 4.32. The summed E-state index contributed by atoms with van der Waals surface area (Å²) in [6.45, 7) is 2.37. The summed E-state index contributed by atoms with van der Waals surface area (Å²) in [5.74, 6) is 0. The summed E-state index contributed by atoms with van der Waals surface area (Å²) in [5, 5.41) is 2.64. The van der Waals surface area contributed by atoms with Crippen LogP contribution in [0.5, 0.6) is 0 Å². The number of amides is 1. The van der Waals surface area contributed by atoms with Crippen molar-refractivity contribution in [1.82, 2.24) is 4.98 Å². The molecule has 6 heteroatoms. The van der Waals surface area contributed by atoms with Crippen molar-refractivity contribution in [2.75, 3.05) is 11.5 Å². The Labute approximate surface area is 123 Å². The minimum atomic E-state index is -0.316. The molecule has 1 atom stereocenters. The van der Waals surface area contributed by atoms with Crippen molar-refractivity contribution in [3.05, 3.63) is 34.1 Å². The lowest BCUT2D eigenvalue weighted by molar-refractivity contribution is 0.179. The van der Waals surface area contributed by atoms with Gasteiger partial charge in [0, 0.05) is 15.4 Å². The second kappa shape index (κ2) is 4.94. The predicted octanol–water partition coefficient (Wildman–Crippen LogP) is 3.92. The molecule has 1 aromatic carbocycles. The average molecular weight is 339 g/mol. The molecule has 3 rings (SSSR count). The van der Waals surface area contributed by atoms with Crippen molar-refractivity contribution in [3.63, 3.8) is 0 Å². The highest BCUT2D eigenvalue weighted by molar-refractivity contribution is 9.10. The third kappa shape index (κ3) is 2.37. The maximum absolute atomic E-state index is 11.6. The number of anilines is 1. The molecule has 0 saturated carbocycles. The number of ether oxygens (including phenoxy) is 1. The maximum atomic E-state index is 11.6. The van der Waals surface area contributed by atoms with Gasteiger partial charge in [0.2, 0.25) is 0 Å². The fourth-order valence-corrected chi connectivity index (χ4v) is 3.10. The summed E-state index contributed by atoms with van der Waals surface area (Å²) >= 11 is 4.86. The lowest BCUT2D eigenvalue weighted by Crippen LogP contribution is -2.30. The van der Waals surface area contributed by atoms with Crippen LogP contribution in [0.2, 0.25) is 0 Å².